The Balaban J connectivity index is 1.26. The minimum absolute atomic E-state index is 0.102. The summed E-state index contributed by atoms with van der Waals surface area (Å²) in [5, 5.41) is 2.88. The third-order valence-electron chi connectivity index (χ3n) is 7.40. The highest BCUT2D eigenvalue weighted by Crippen LogP contribution is 2.47. The van der Waals surface area contributed by atoms with E-state index >= 15 is 4.39 Å². The molecule has 0 atom stereocenters. The highest BCUT2D eigenvalue weighted by Gasteiger charge is 2.35. The molecule has 0 bridgehead atoms. The standard InChI is InChI=1S/C35H36FN3O5/c1-35(2,3)44-34(40)37-25-19-39(20-25)29-18-28(36)31(26-16-17-41-32(26)29)27-14-15-30(42-21-23-10-6-4-7-11-23)38-33(27)43-22-24-12-8-5-9-13-24/h4-15,18,25H,16-17,19-22H2,1-3H3,(H,37,40). The number of fused-ring (bicyclic) bond motifs is 1. The van der Waals surface area contributed by atoms with Crippen LogP contribution in [0.25, 0.3) is 11.1 Å². The van der Waals surface area contributed by atoms with Crippen molar-refractivity contribution in [1.29, 1.82) is 0 Å². The van der Waals surface area contributed by atoms with Crippen molar-refractivity contribution in [3.8, 4) is 28.6 Å². The van der Waals surface area contributed by atoms with Crippen molar-refractivity contribution in [1.82, 2.24) is 10.3 Å². The fourth-order valence-electron chi connectivity index (χ4n) is 5.35. The van der Waals surface area contributed by atoms with E-state index in [2.05, 4.69) is 10.3 Å². The number of hydrogen-bond donors (Lipinski definition) is 1. The quantitative estimate of drug-likeness (QED) is 0.230. The second-order valence-electron chi connectivity index (χ2n) is 12.0. The first kappa shape index (κ1) is 29.3. The fourth-order valence-corrected chi connectivity index (χ4v) is 5.35. The van der Waals surface area contributed by atoms with Crippen molar-refractivity contribution in [3.63, 3.8) is 0 Å². The molecule has 9 heteroatoms. The highest BCUT2D eigenvalue weighted by molar-refractivity contribution is 5.81. The van der Waals surface area contributed by atoms with Crippen LogP contribution >= 0.6 is 0 Å². The van der Waals surface area contributed by atoms with Gasteiger partial charge in [0.1, 0.15) is 30.4 Å². The smallest absolute Gasteiger partial charge is 0.407 e. The van der Waals surface area contributed by atoms with Gasteiger partial charge in [-0.1, -0.05) is 60.7 Å². The summed E-state index contributed by atoms with van der Waals surface area (Å²) in [6.07, 6.45) is 0.0876. The number of nitrogens with zero attached hydrogens (tertiary/aromatic N) is 2. The molecule has 3 aromatic carbocycles. The Kier molecular flexibility index (Phi) is 8.28. The van der Waals surface area contributed by atoms with Crippen LogP contribution in [0.2, 0.25) is 0 Å². The molecule has 1 saturated heterocycles. The number of alkyl carbamates (subject to hydrolysis) is 1. The molecule has 0 unspecified atom stereocenters. The average molecular weight is 598 g/mol. The molecular weight excluding hydrogens is 561 g/mol. The molecule has 1 aromatic heterocycles. The molecule has 0 saturated carbocycles. The fraction of sp³-hybridized carbons (Fsp3) is 0.314. The van der Waals surface area contributed by atoms with Crippen LogP contribution in [-0.2, 0) is 24.4 Å². The van der Waals surface area contributed by atoms with E-state index in [0.29, 0.717) is 61.2 Å². The van der Waals surface area contributed by atoms with Crippen LogP contribution in [0, 0.1) is 5.82 Å². The maximum absolute atomic E-state index is 16.1. The van der Waals surface area contributed by atoms with Crippen LogP contribution in [0.15, 0.2) is 78.9 Å². The molecular formula is C35H36FN3O5. The van der Waals surface area contributed by atoms with Crippen molar-refractivity contribution >= 4 is 11.8 Å². The number of ether oxygens (including phenoxy) is 4. The topological polar surface area (TPSA) is 82.2 Å². The van der Waals surface area contributed by atoms with Gasteiger partial charge >= 0.3 is 6.09 Å². The van der Waals surface area contributed by atoms with E-state index in [9.17, 15) is 4.79 Å². The minimum Gasteiger partial charge on any atom is -0.491 e. The molecule has 0 aliphatic carbocycles. The number of rotatable bonds is 9. The number of aromatic nitrogens is 1. The van der Waals surface area contributed by atoms with Crippen LogP contribution in [0.1, 0.15) is 37.5 Å². The molecule has 1 N–H and O–H groups in total. The summed E-state index contributed by atoms with van der Waals surface area (Å²) in [7, 11) is 0. The van der Waals surface area contributed by atoms with E-state index in [-0.39, 0.29) is 18.5 Å². The Bertz CT molecular complexity index is 1620. The molecule has 6 rings (SSSR count). The summed E-state index contributed by atoms with van der Waals surface area (Å²) in [5.41, 5.74) is 3.79. The van der Waals surface area contributed by atoms with E-state index < -0.39 is 17.5 Å². The van der Waals surface area contributed by atoms with Crippen LogP contribution in [0.4, 0.5) is 14.9 Å². The number of pyridine rings is 1. The van der Waals surface area contributed by atoms with Crippen molar-refractivity contribution in [2.75, 3.05) is 24.6 Å². The van der Waals surface area contributed by atoms with Gasteiger partial charge in [-0.15, -0.1) is 0 Å². The van der Waals surface area contributed by atoms with Gasteiger partial charge in [-0.25, -0.2) is 9.18 Å². The highest BCUT2D eigenvalue weighted by atomic mass is 19.1. The number of carbonyl (C=O) groups excluding carboxylic acids is 1. The van der Waals surface area contributed by atoms with Crippen LogP contribution < -0.4 is 24.4 Å². The molecule has 44 heavy (non-hydrogen) atoms. The lowest BCUT2D eigenvalue weighted by molar-refractivity contribution is 0.0496. The summed E-state index contributed by atoms with van der Waals surface area (Å²) in [4.78, 5) is 18.9. The van der Waals surface area contributed by atoms with Crippen LogP contribution in [0.5, 0.6) is 17.5 Å². The number of carbonyl (C=O) groups is 1. The lowest BCUT2D eigenvalue weighted by Gasteiger charge is -2.42. The molecule has 4 aromatic rings. The van der Waals surface area contributed by atoms with Crippen molar-refractivity contribution in [2.45, 2.75) is 52.0 Å². The first-order chi connectivity index (χ1) is 21.2. The SMILES string of the molecule is CC(C)(C)OC(=O)NC1CN(c2cc(F)c(-c3ccc(OCc4ccccc4)nc3OCc3ccccc3)c3c2OCC3)C1. The van der Waals surface area contributed by atoms with E-state index in [4.69, 9.17) is 18.9 Å². The van der Waals surface area contributed by atoms with E-state index in [0.717, 1.165) is 16.7 Å². The van der Waals surface area contributed by atoms with Crippen LogP contribution in [-0.4, -0.2) is 42.4 Å². The molecule has 0 spiro atoms. The number of hydrogen-bond acceptors (Lipinski definition) is 7. The predicted molar refractivity (Wildman–Crippen MR) is 166 cm³/mol. The number of nitrogens with one attached hydrogen (secondary N) is 1. The largest absolute Gasteiger partial charge is 0.491 e. The van der Waals surface area contributed by atoms with E-state index in [1.54, 1.807) is 12.1 Å². The van der Waals surface area contributed by atoms with Gasteiger partial charge in [0.05, 0.1) is 18.3 Å². The Morgan fingerprint density at radius 2 is 1.64 bits per heavy atom. The Morgan fingerprint density at radius 1 is 0.977 bits per heavy atom. The maximum Gasteiger partial charge on any atom is 0.407 e. The summed E-state index contributed by atoms with van der Waals surface area (Å²) < 4.78 is 39.8. The zero-order valence-corrected chi connectivity index (χ0v) is 25.1. The maximum atomic E-state index is 16.1. The molecule has 2 aliphatic rings. The third kappa shape index (κ3) is 6.72. The third-order valence-corrected chi connectivity index (χ3v) is 7.40. The molecule has 0 radical (unpaired) electrons. The zero-order chi connectivity index (χ0) is 30.7. The second-order valence-corrected chi connectivity index (χ2v) is 12.0. The van der Waals surface area contributed by atoms with Crippen molar-refractivity contribution in [3.05, 3.63) is 101 Å². The van der Waals surface area contributed by atoms with Crippen molar-refractivity contribution in [2.24, 2.45) is 0 Å². The predicted octanol–water partition coefficient (Wildman–Crippen LogP) is 6.69. The van der Waals surface area contributed by atoms with E-state index in [1.165, 1.54) is 6.07 Å². The van der Waals surface area contributed by atoms with Gasteiger partial charge in [0.2, 0.25) is 11.8 Å². The lowest BCUT2D eigenvalue weighted by atomic mass is 9.95. The number of halogens is 1. The summed E-state index contributed by atoms with van der Waals surface area (Å²) >= 11 is 0. The van der Waals surface area contributed by atoms with Gasteiger partial charge in [-0.3, -0.25) is 0 Å². The molecule has 3 heterocycles. The Labute approximate surface area is 256 Å². The van der Waals surface area contributed by atoms with Gasteiger partial charge in [-0.2, -0.15) is 4.98 Å². The average Bonchev–Trinajstić information content (AvgIpc) is 3.47. The summed E-state index contributed by atoms with van der Waals surface area (Å²) in [5.74, 6) is 0.924. The first-order valence-corrected chi connectivity index (χ1v) is 14.8. The normalized spacial score (nSPS) is 14.3. The zero-order valence-electron chi connectivity index (χ0n) is 25.1. The lowest BCUT2D eigenvalue weighted by Crippen LogP contribution is -2.60. The van der Waals surface area contributed by atoms with Gasteiger partial charge in [0.15, 0.2) is 0 Å². The molecule has 2 aliphatic heterocycles. The second kappa shape index (κ2) is 12.4. The summed E-state index contributed by atoms with van der Waals surface area (Å²) in [6, 6.07) is 24.5. The van der Waals surface area contributed by atoms with Crippen molar-refractivity contribution < 1.29 is 28.1 Å². The van der Waals surface area contributed by atoms with Gasteiger partial charge in [0.25, 0.3) is 0 Å². The molecule has 8 nitrogen and oxygen atoms in total. The summed E-state index contributed by atoms with van der Waals surface area (Å²) in [6.45, 7) is 7.57. The number of amides is 1. The van der Waals surface area contributed by atoms with Gasteiger partial charge < -0.3 is 29.2 Å². The van der Waals surface area contributed by atoms with Crippen LogP contribution in [0.3, 0.4) is 0 Å². The molecule has 1 fully saturated rings. The monoisotopic (exact) mass is 597 g/mol. The van der Waals surface area contributed by atoms with Gasteiger partial charge in [0, 0.05) is 48.3 Å². The Hall–Kier alpha value is -4.79. The molecule has 1 amide bonds. The molecule has 228 valence electrons. The minimum atomic E-state index is -0.577. The number of benzene rings is 3. The first-order valence-electron chi connectivity index (χ1n) is 14.8. The van der Waals surface area contributed by atoms with Gasteiger partial charge in [-0.05, 0) is 38.0 Å². The Morgan fingerprint density at radius 3 is 2.30 bits per heavy atom. The van der Waals surface area contributed by atoms with E-state index in [1.807, 2.05) is 86.3 Å². The number of anilines is 1.